The number of benzene rings is 1. The Morgan fingerprint density at radius 3 is 2.62 bits per heavy atom. The summed E-state index contributed by atoms with van der Waals surface area (Å²) >= 11 is 5.94. The maximum Gasteiger partial charge on any atom is 0.163 e. The molecule has 0 saturated heterocycles. The van der Waals surface area contributed by atoms with Gasteiger partial charge < -0.3 is 5.32 Å². The Morgan fingerprint density at radius 2 is 1.94 bits per heavy atom. The standard InChI is InChI=1S/C12H12ClN3/c1-2-14-11-8-10(13)15-12(16-11)9-6-4-3-5-7-9/h3-8H,2H2,1H3,(H,14,15,16). The monoisotopic (exact) mass is 233 g/mol. The summed E-state index contributed by atoms with van der Waals surface area (Å²) in [5.41, 5.74) is 0.962. The average molecular weight is 234 g/mol. The summed E-state index contributed by atoms with van der Waals surface area (Å²) in [5.74, 6) is 1.39. The largest absolute Gasteiger partial charge is 0.370 e. The van der Waals surface area contributed by atoms with E-state index in [1.807, 2.05) is 37.3 Å². The van der Waals surface area contributed by atoms with Crippen LogP contribution in [0.3, 0.4) is 0 Å². The number of aromatic nitrogens is 2. The molecule has 0 bridgehead atoms. The number of rotatable bonds is 3. The topological polar surface area (TPSA) is 37.8 Å². The quantitative estimate of drug-likeness (QED) is 0.828. The molecule has 0 fully saturated rings. The maximum absolute atomic E-state index is 5.94. The van der Waals surface area contributed by atoms with Gasteiger partial charge in [-0.15, -0.1) is 0 Å². The number of halogens is 1. The molecule has 0 aliphatic rings. The van der Waals surface area contributed by atoms with Gasteiger partial charge in [0.15, 0.2) is 5.82 Å². The summed E-state index contributed by atoms with van der Waals surface area (Å²) in [5, 5.41) is 3.57. The van der Waals surface area contributed by atoms with Crippen molar-refractivity contribution in [2.45, 2.75) is 6.92 Å². The first-order chi connectivity index (χ1) is 7.79. The average Bonchev–Trinajstić information content (AvgIpc) is 2.30. The van der Waals surface area contributed by atoms with Crippen molar-refractivity contribution in [3.8, 4) is 11.4 Å². The summed E-state index contributed by atoms with van der Waals surface area (Å²) in [6.45, 7) is 2.82. The minimum Gasteiger partial charge on any atom is -0.370 e. The van der Waals surface area contributed by atoms with Gasteiger partial charge in [0.25, 0.3) is 0 Å². The lowest BCUT2D eigenvalue weighted by atomic mass is 10.2. The minimum atomic E-state index is 0.449. The molecule has 0 spiro atoms. The predicted octanol–water partition coefficient (Wildman–Crippen LogP) is 3.23. The van der Waals surface area contributed by atoms with Gasteiger partial charge in [-0.3, -0.25) is 0 Å². The third kappa shape index (κ3) is 2.49. The molecule has 16 heavy (non-hydrogen) atoms. The number of nitrogens with one attached hydrogen (secondary N) is 1. The Morgan fingerprint density at radius 1 is 1.19 bits per heavy atom. The van der Waals surface area contributed by atoms with Gasteiger partial charge in [0.05, 0.1) is 0 Å². The normalized spacial score (nSPS) is 10.1. The molecule has 1 aromatic carbocycles. The number of nitrogens with zero attached hydrogens (tertiary/aromatic N) is 2. The van der Waals surface area contributed by atoms with Crippen molar-refractivity contribution in [2.75, 3.05) is 11.9 Å². The lowest BCUT2D eigenvalue weighted by molar-refractivity contribution is 1.12. The Kier molecular flexibility index (Phi) is 3.37. The summed E-state index contributed by atoms with van der Waals surface area (Å²) in [6, 6.07) is 11.5. The fourth-order valence-electron chi connectivity index (χ4n) is 1.41. The van der Waals surface area contributed by atoms with Crippen LogP contribution in [0.4, 0.5) is 5.82 Å². The molecule has 0 radical (unpaired) electrons. The predicted molar refractivity (Wildman–Crippen MR) is 66.6 cm³/mol. The number of anilines is 1. The summed E-state index contributed by atoms with van der Waals surface area (Å²) in [7, 11) is 0. The zero-order valence-corrected chi connectivity index (χ0v) is 9.70. The third-order valence-electron chi connectivity index (χ3n) is 2.08. The van der Waals surface area contributed by atoms with E-state index in [0.717, 1.165) is 17.9 Å². The first kappa shape index (κ1) is 10.9. The molecule has 0 atom stereocenters. The second-order valence-electron chi connectivity index (χ2n) is 3.30. The van der Waals surface area contributed by atoms with Crippen LogP contribution < -0.4 is 5.32 Å². The molecular formula is C12H12ClN3. The van der Waals surface area contributed by atoms with Gasteiger partial charge >= 0.3 is 0 Å². The third-order valence-corrected chi connectivity index (χ3v) is 2.28. The first-order valence-corrected chi connectivity index (χ1v) is 5.51. The van der Waals surface area contributed by atoms with Crippen molar-refractivity contribution in [2.24, 2.45) is 0 Å². The lowest BCUT2D eigenvalue weighted by Gasteiger charge is -2.05. The smallest absolute Gasteiger partial charge is 0.163 e. The molecule has 2 aromatic rings. The van der Waals surface area contributed by atoms with E-state index in [4.69, 9.17) is 11.6 Å². The second kappa shape index (κ2) is 4.94. The van der Waals surface area contributed by atoms with Crippen molar-refractivity contribution in [3.63, 3.8) is 0 Å². The Hall–Kier alpha value is -1.61. The molecule has 2 rings (SSSR count). The Bertz CT molecular complexity index is 471. The van der Waals surface area contributed by atoms with E-state index >= 15 is 0 Å². The van der Waals surface area contributed by atoms with E-state index in [-0.39, 0.29) is 0 Å². The number of hydrogen-bond donors (Lipinski definition) is 1. The SMILES string of the molecule is CCNc1cc(Cl)nc(-c2ccccc2)n1. The van der Waals surface area contributed by atoms with E-state index in [1.165, 1.54) is 0 Å². The van der Waals surface area contributed by atoms with Crippen LogP contribution in [0.5, 0.6) is 0 Å². The van der Waals surface area contributed by atoms with Crippen molar-refractivity contribution in [1.82, 2.24) is 9.97 Å². The van der Waals surface area contributed by atoms with Gasteiger partial charge in [0.1, 0.15) is 11.0 Å². The molecule has 82 valence electrons. The van der Waals surface area contributed by atoms with Crippen LogP contribution in [-0.4, -0.2) is 16.5 Å². The highest BCUT2D eigenvalue weighted by Crippen LogP contribution is 2.19. The molecule has 3 nitrogen and oxygen atoms in total. The van der Waals surface area contributed by atoms with Crippen LogP contribution in [-0.2, 0) is 0 Å². The number of hydrogen-bond acceptors (Lipinski definition) is 3. The van der Waals surface area contributed by atoms with E-state index in [0.29, 0.717) is 11.0 Å². The highest BCUT2D eigenvalue weighted by Gasteiger charge is 2.04. The van der Waals surface area contributed by atoms with Crippen LogP contribution >= 0.6 is 11.6 Å². The van der Waals surface area contributed by atoms with E-state index in [2.05, 4.69) is 15.3 Å². The molecular weight excluding hydrogens is 222 g/mol. The van der Waals surface area contributed by atoms with Gasteiger partial charge in [-0.25, -0.2) is 9.97 Å². The van der Waals surface area contributed by atoms with Crippen LogP contribution in [0.25, 0.3) is 11.4 Å². The lowest BCUT2D eigenvalue weighted by Crippen LogP contribution is -2.01. The molecule has 4 heteroatoms. The fourth-order valence-corrected chi connectivity index (χ4v) is 1.59. The summed E-state index contributed by atoms with van der Waals surface area (Å²) in [6.07, 6.45) is 0. The van der Waals surface area contributed by atoms with Crippen LogP contribution in [0.1, 0.15) is 6.92 Å². The molecule has 0 unspecified atom stereocenters. The highest BCUT2D eigenvalue weighted by molar-refractivity contribution is 6.29. The fraction of sp³-hybridized carbons (Fsp3) is 0.167. The van der Waals surface area contributed by atoms with Gasteiger partial charge in [-0.05, 0) is 6.92 Å². The van der Waals surface area contributed by atoms with Crippen LogP contribution in [0, 0.1) is 0 Å². The van der Waals surface area contributed by atoms with Gasteiger partial charge in [-0.1, -0.05) is 41.9 Å². The van der Waals surface area contributed by atoms with Gasteiger partial charge in [-0.2, -0.15) is 0 Å². The molecule has 0 aliphatic carbocycles. The van der Waals surface area contributed by atoms with Gasteiger partial charge in [0.2, 0.25) is 0 Å². The van der Waals surface area contributed by atoms with Crippen molar-refractivity contribution >= 4 is 17.4 Å². The van der Waals surface area contributed by atoms with E-state index in [1.54, 1.807) is 6.07 Å². The van der Waals surface area contributed by atoms with Crippen molar-refractivity contribution in [1.29, 1.82) is 0 Å². The summed E-state index contributed by atoms with van der Waals surface area (Å²) < 4.78 is 0. The van der Waals surface area contributed by atoms with Crippen molar-refractivity contribution < 1.29 is 0 Å². The van der Waals surface area contributed by atoms with Gasteiger partial charge in [0, 0.05) is 18.2 Å². The zero-order valence-electron chi connectivity index (χ0n) is 8.94. The molecule has 0 aliphatic heterocycles. The molecule has 1 aromatic heterocycles. The van der Waals surface area contributed by atoms with E-state index in [9.17, 15) is 0 Å². The Labute approximate surface area is 99.5 Å². The van der Waals surface area contributed by atoms with Crippen molar-refractivity contribution in [3.05, 3.63) is 41.6 Å². The first-order valence-electron chi connectivity index (χ1n) is 5.13. The molecule has 0 amide bonds. The summed E-state index contributed by atoms with van der Waals surface area (Å²) in [4.78, 5) is 8.59. The molecule has 1 heterocycles. The second-order valence-corrected chi connectivity index (χ2v) is 3.68. The van der Waals surface area contributed by atoms with Crippen LogP contribution in [0.15, 0.2) is 36.4 Å². The minimum absolute atomic E-state index is 0.449. The highest BCUT2D eigenvalue weighted by atomic mass is 35.5. The van der Waals surface area contributed by atoms with E-state index < -0.39 is 0 Å². The van der Waals surface area contributed by atoms with Crippen LogP contribution in [0.2, 0.25) is 5.15 Å². The zero-order chi connectivity index (χ0) is 11.4. The molecule has 1 N–H and O–H groups in total. The Balaban J connectivity index is 2.41. The maximum atomic E-state index is 5.94. The molecule has 0 saturated carbocycles.